The molecule has 0 radical (unpaired) electrons. The van der Waals surface area contributed by atoms with Gasteiger partial charge in [0.25, 0.3) is 0 Å². The van der Waals surface area contributed by atoms with Crippen LogP contribution in [-0.2, 0) is 11.3 Å². The van der Waals surface area contributed by atoms with Crippen molar-refractivity contribution < 1.29 is 4.74 Å². The van der Waals surface area contributed by atoms with E-state index >= 15 is 0 Å². The molecule has 2 N–H and O–H groups in total. The summed E-state index contributed by atoms with van der Waals surface area (Å²) in [5.74, 6) is 0. The fourth-order valence-electron chi connectivity index (χ4n) is 2.36. The molecule has 1 saturated heterocycles. The summed E-state index contributed by atoms with van der Waals surface area (Å²) in [5, 5.41) is 4.94. The minimum Gasteiger partial charge on any atom is -0.378 e. The van der Waals surface area contributed by atoms with E-state index in [4.69, 9.17) is 22.1 Å². The molecule has 2 rings (SSSR count). The van der Waals surface area contributed by atoms with Gasteiger partial charge in [0, 0.05) is 13.2 Å². The van der Waals surface area contributed by atoms with Gasteiger partial charge in [-0.15, -0.1) is 0 Å². The van der Waals surface area contributed by atoms with Crippen molar-refractivity contribution in [3.63, 3.8) is 0 Å². The standard InChI is InChI=1S/C12H20ClN3O/c1-2-5-16-12(10(13)8-15-16)11(14)7-9-4-3-6-17-9/h8-9,11H,2-7,14H2,1H3. The van der Waals surface area contributed by atoms with Crippen molar-refractivity contribution in [2.75, 3.05) is 6.61 Å². The Hall–Kier alpha value is -0.580. The maximum absolute atomic E-state index is 6.23. The summed E-state index contributed by atoms with van der Waals surface area (Å²) >= 11 is 6.16. The highest BCUT2D eigenvalue weighted by atomic mass is 35.5. The zero-order chi connectivity index (χ0) is 12.3. The second-order valence-corrected chi connectivity index (χ2v) is 4.99. The lowest BCUT2D eigenvalue weighted by atomic mass is 10.0. The highest BCUT2D eigenvalue weighted by Gasteiger charge is 2.23. The maximum atomic E-state index is 6.23. The second-order valence-electron chi connectivity index (χ2n) is 4.58. The Bertz CT molecular complexity index is 361. The molecule has 0 spiro atoms. The molecule has 5 heteroatoms. The number of aryl methyl sites for hydroxylation is 1. The van der Waals surface area contributed by atoms with Crippen LogP contribution in [-0.4, -0.2) is 22.5 Å². The van der Waals surface area contributed by atoms with E-state index in [-0.39, 0.29) is 12.1 Å². The van der Waals surface area contributed by atoms with Crippen molar-refractivity contribution in [2.24, 2.45) is 5.73 Å². The van der Waals surface area contributed by atoms with Crippen molar-refractivity contribution >= 4 is 11.6 Å². The second kappa shape index (κ2) is 5.85. The van der Waals surface area contributed by atoms with Gasteiger partial charge >= 0.3 is 0 Å². The largest absolute Gasteiger partial charge is 0.378 e. The SMILES string of the molecule is CCCn1ncc(Cl)c1C(N)CC1CCCO1. The molecular weight excluding hydrogens is 238 g/mol. The van der Waals surface area contributed by atoms with E-state index < -0.39 is 0 Å². The molecule has 4 nitrogen and oxygen atoms in total. The highest BCUT2D eigenvalue weighted by Crippen LogP contribution is 2.28. The molecule has 2 atom stereocenters. The Balaban J connectivity index is 2.05. The van der Waals surface area contributed by atoms with Crippen LogP contribution < -0.4 is 5.73 Å². The first-order valence-corrected chi connectivity index (χ1v) is 6.68. The van der Waals surface area contributed by atoms with Gasteiger partial charge in [-0.05, 0) is 25.7 Å². The molecule has 0 bridgehead atoms. The van der Waals surface area contributed by atoms with Crippen molar-refractivity contribution in [3.8, 4) is 0 Å². The van der Waals surface area contributed by atoms with E-state index in [2.05, 4.69) is 12.0 Å². The first kappa shape index (κ1) is 12.9. The molecule has 0 aliphatic carbocycles. The van der Waals surface area contributed by atoms with Gasteiger partial charge in [-0.2, -0.15) is 5.10 Å². The third-order valence-corrected chi connectivity index (χ3v) is 3.45. The van der Waals surface area contributed by atoms with E-state index in [0.29, 0.717) is 5.02 Å². The molecule has 2 heterocycles. The van der Waals surface area contributed by atoms with Gasteiger partial charge in [-0.1, -0.05) is 18.5 Å². The molecule has 17 heavy (non-hydrogen) atoms. The molecule has 1 aliphatic rings. The minimum absolute atomic E-state index is 0.0837. The molecule has 2 unspecified atom stereocenters. The average Bonchev–Trinajstić information content (AvgIpc) is 2.89. The first-order valence-electron chi connectivity index (χ1n) is 6.30. The van der Waals surface area contributed by atoms with Crippen LogP contribution in [0.3, 0.4) is 0 Å². The number of ether oxygens (including phenoxy) is 1. The van der Waals surface area contributed by atoms with Crippen LogP contribution in [0.5, 0.6) is 0 Å². The molecule has 1 aromatic rings. The van der Waals surface area contributed by atoms with Crippen LogP contribution >= 0.6 is 11.6 Å². The Morgan fingerprint density at radius 1 is 1.71 bits per heavy atom. The van der Waals surface area contributed by atoms with Crippen molar-refractivity contribution in [3.05, 3.63) is 16.9 Å². The Kier molecular flexibility index (Phi) is 4.42. The number of nitrogens with zero attached hydrogens (tertiary/aromatic N) is 2. The smallest absolute Gasteiger partial charge is 0.0834 e. The Morgan fingerprint density at radius 2 is 2.53 bits per heavy atom. The van der Waals surface area contributed by atoms with Gasteiger partial charge in [-0.3, -0.25) is 4.68 Å². The van der Waals surface area contributed by atoms with E-state index in [9.17, 15) is 0 Å². The predicted octanol–water partition coefficient (Wildman–Crippen LogP) is 2.52. The number of aromatic nitrogens is 2. The number of nitrogens with two attached hydrogens (primary N) is 1. The van der Waals surface area contributed by atoms with E-state index in [1.165, 1.54) is 0 Å². The summed E-state index contributed by atoms with van der Waals surface area (Å²) in [6.45, 7) is 3.84. The van der Waals surface area contributed by atoms with E-state index in [0.717, 1.165) is 44.5 Å². The molecule has 0 aromatic carbocycles. The summed E-state index contributed by atoms with van der Waals surface area (Å²) in [6, 6.07) is -0.0837. The van der Waals surface area contributed by atoms with Crippen LogP contribution in [0.15, 0.2) is 6.20 Å². The van der Waals surface area contributed by atoms with Crippen molar-refractivity contribution in [1.82, 2.24) is 9.78 Å². The summed E-state index contributed by atoms with van der Waals surface area (Å²) in [6.07, 6.45) is 6.06. The monoisotopic (exact) mass is 257 g/mol. The Labute approximate surface area is 107 Å². The van der Waals surface area contributed by atoms with Gasteiger partial charge < -0.3 is 10.5 Å². The van der Waals surface area contributed by atoms with Gasteiger partial charge in [-0.25, -0.2) is 0 Å². The molecule has 0 saturated carbocycles. The molecule has 96 valence electrons. The molecule has 1 fully saturated rings. The first-order chi connectivity index (χ1) is 8.22. The van der Waals surface area contributed by atoms with Gasteiger partial charge in [0.1, 0.15) is 0 Å². The third-order valence-electron chi connectivity index (χ3n) is 3.16. The van der Waals surface area contributed by atoms with Crippen LogP contribution in [0.25, 0.3) is 0 Å². The minimum atomic E-state index is -0.0837. The van der Waals surface area contributed by atoms with Gasteiger partial charge in [0.15, 0.2) is 0 Å². The summed E-state index contributed by atoms with van der Waals surface area (Å²) < 4.78 is 7.53. The van der Waals surface area contributed by atoms with Crippen LogP contribution in [0.1, 0.15) is 44.3 Å². The van der Waals surface area contributed by atoms with Crippen LogP contribution in [0.2, 0.25) is 5.02 Å². The quantitative estimate of drug-likeness (QED) is 0.882. The number of rotatable bonds is 5. The summed E-state index contributed by atoms with van der Waals surface area (Å²) in [7, 11) is 0. The van der Waals surface area contributed by atoms with E-state index in [1.807, 2.05) is 4.68 Å². The zero-order valence-electron chi connectivity index (χ0n) is 10.2. The number of hydrogen-bond donors (Lipinski definition) is 1. The lowest BCUT2D eigenvalue weighted by Gasteiger charge is -2.18. The Morgan fingerprint density at radius 3 is 3.18 bits per heavy atom. The number of hydrogen-bond acceptors (Lipinski definition) is 3. The number of halogens is 1. The van der Waals surface area contributed by atoms with Crippen LogP contribution in [0, 0.1) is 0 Å². The lowest BCUT2D eigenvalue weighted by Crippen LogP contribution is -2.22. The lowest BCUT2D eigenvalue weighted by molar-refractivity contribution is 0.0975. The highest BCUT2D eigenvalue weighted by molar-refractivity contribution is 6.31. The third kappa shape index (κ3) is 3.00. The molecule has 0 amide bonds. The normalized spacial score (nSPS) is 21.9. The summed E-state index contributed by atoms with van der Waals surface area (Å²) in [4.78, 5) is 0. The van der Waals surface area contributed by atoms with E-state index in [1.54, 1.807) is 6.20 Å². The van der Waals surface area contributed by atoms with Gasteiger partial charge in [0.05, 0.1) is 29.1 Å². The average molecular weight is 258 g/mol. The predicted molar refractivity (Wildman–Crippen MR) is 68.0 cm³/mol. The summed E-state index contributed by atoms with van der Waals surface area (Å²) in [5.41, 5.74) is 7.17. The molecular formula is C12H20ClN3O. The topological polar surface area (TPSA) is 53.1 Å². The zero-order valence-corrected chi connectivity index (χ0v) is 11.0. The molecule has 1 aliphatic heterocycles. The van der Waals surface area contributed by atoms with Crippen molar-refractivity contribution in [1.29, 1.82) is 0 Å². The maximum Gasteiger partial charge on any atom is 0.0834 e. The van der Waals surface area contributed by atoms with Crippen LogP contribution in [0.4, 0.5) is 0 Å². The fraction of sp³-hybridized carbons (Fsp3) is 0.750. The fourth-order valence-corrected chi connectivity index (χ4v) is 2.64. The molecule has 1 aromatic heterocycles. The van der Waals surface area contributed by atoms with Crippen molar-refractivity contribution in [2.45, 2.75) is 51.3 Å². The van der Waals surface area contributed by atoms with Gasteiger partial charge in [0.2, 0.25) is 0 Å².